The molecule has 2 aromatic carbocycles. The molecule has 8 heteroatoms. The number of carbonyl (C=O) groups excluding carboxylic acids is 1. The summed E-state index contributed by atoms with van der Waals surface area (Å²) in [5.74, 6) is -0.351. The van der Waals surface area contributed by atoms with Crippen molar-refractivity contribution >= 4 is 48.8 Å². The largest absolute Gasteiger partial charge is 0.348 e. The Morgan fingerprint density at radius 2 is 1.68 bits per heavy atom. The predicted molar refractivity (Wildman–Crippen MR) is 87.1 cm³/mol. The van der Waals surface area contributed by atoms with Crippen LogP contribution in [0.5, 0.6) is 0 Å². The number of halogens is 3. The fourth-order valence-corrected chi connectivity index (χ4v) is 2.99. The molecule has 1 amide bonds. The van der Waals surface area contributed by atoms with E-state index >= 15 is 0 Å². The molecule has 116 valence electrons. The van der Waals surface area contributed by atoms with Crippen molar-refractivity contribution in [1.29, 1.82) is 0 Å². The summed E-state index contributed by atoms with van der Waals surface area (Å²) in [7, 11) is 1.48. The number of nitrogens with one attached hydrogen (secondary N) is 1. The Labute approximate surface area is 142 Å². The Hall–Kier alpha value is -1.27. The van der Waals surface area contributed by atoms with Crippen LogP contribution in [0.4, 0.5) is 0 Å². The molecule has 0 aromatic heterocycles. The van der Waals surface area contributed by atoms with E-state index in [1.165, 1.54) is 24.3 Å². The van der Waals surface area contributed by atoms with Gasteiger partial charge in [-0.25, -0.2) is 8.42 Å². The average molecular weight is 379 g/mol. The second kappa shape index (κ2) is 6.87. The average Bonchev–Trinajstić information content (AvgIpc) is 2.44. The lowest BCUT2D eigenvalue weighted by molar-refractivity contribution is 0.0951. The van der Waals surface area contributed by atoms with E-state index in [0.717, 1.165) is 5.56 Å². The fourth-order valence-electron chi connectivity index (χ4n) is 1.72. The maximum absolute atomic E-state index is 12.0. The first kappa shape index (κ1) is 17.1. The SMILES string of the molecule is O=C(NCc1ccc(S(=O)(=O)Cl)cc1)c1ccc(Cl)cc1Cl. The van der Waals surface area contributed by atoms with E-state index in [0.29, 0.717) is 10.6 Å². The summed E-state index contributed by atoms with van der Waals surface area (Å²) in [5.41, 5.74) is 1.04. The molecule has 0 saturated heterocycles. The van der Waals surface area contributed by atoms with Gasteiger partial charge < -0.3 is 5.32 Å². The normalized spacial score (nSPS) is 11.2. The molecule has 0 aliphatic rings. The molecule has 0 unspecified atom stereocenters. The van der Waals surface area contributed by atoms with Crippen LogP contribution in [-0.4, -0.2) is 14.3 Å². The quantitative estimate of drug-likeness (QED) is 0.822. The summed E-state index contributed by atoms with van der Waals surface area (Å²) in [6, 6.07) is 10.5. The van der Waals surface area contributed by atoms with E-state index in [1.54, 1.807) is 18.2 Å². The van der Waals surface area contributed by atoms with Crippen molar-refractivity contribution in [3.63, 3.8) is 0 Å². The van der Waals surface area contributed by atoms with Gasteiger partial charge in [0.25, 0.3) is 15.0 Å². The van der Waals surface area contributed by atoms with Crippen molar-refractivity contribution < 1.29 is 13.2 Å². The van der Waals surface area contributed by atoms with Gasteiger partial charge in [-0.2, -0.15) is 0 Å². The first-order valence-corrected chi connectivity index (χ1v) is 9.11. The molecule has 22 heavy (non-hydrogen) atoms. The molecule has 0 heterocycles. The van der Waals surface area contributed by atoms with Crippen LogP contribution in [0.1, 0.15) is 15.9 Å². The second-order valence-corrected chi connectivity index (χ2v) is 7.80. The Morgan fingerprint density at radius 1 is 1.05 bits per heavy atom. The van der Waals surface area contributed by atoms with Crippen molar-refractivity contribution in [3.05, 3.63) is 63.6 Å². The fraction of sp³-hybridized carbons (Fsp3) is 0.0714. The van der Waals surface area contributed by atoms with Crippen LogP contribution in [0, 0.1) is 0 Å². The highest BCUT2D eigenvalue weighted by Gasteiger charge is 2.11. The van der Waals surface area contributed by atoms with Crippen LogP contribution < -0.4 is 5.32 Å². The van der Waals surface area contributed by atoms with E-state index in [-0.39, 0.29) is 22.4 Å². The van der Waals surface area contributed by atoms with Gasteiger partial charge in [0.2, 0.25) is 0 Å². The van der Waals surface area contributed by atoms with Crippen molar-refractivity contribution in [1.82, 2.24) is 5.32 Å². The summed E-state index contributed by atoms with van der Waals surface area (Å²) in [5, 5.41) is 3.39. The summed E-state index contributed by atoms with van der Waals surface area (Å²) in [4.78, 5) is 12.0. The predicted octanol–water partition coefficient (Wildman–Crippen LogP) is 3.85. The smallest absolute Gasteiger partial charge is 0.261 e. The number of hydrogen-bond donors (Lipinski definition) is 1. The first-order chi connectivity index (χ1) is 10.3. The Kier molecular flexibility index (Phi) is 5.34. The minimum Gasteiger partial charge on any atom is -0.348 e. The molecule has 0 bridgehead atoms. The molecule has 0 fully saturated rings. The summed E-state index contributed by atoms with van der Waals surface area (Å²) in [6.07, 6.45) is 0. The number of hydrogen-bond acceptors (Lipinski definition) is 3. The summed E-state index contributed by atoms with van der Waals surface area (Å²) >= 11 is 11.7. The third kappa shape index (κ3) is 4.36. The molecule has 4 nitrogen and oxygen atoms in total. The van der Waals surface area contributed by atoms with Crippen molar-refractivity contribution in [2.45, 2.75) is 11.4 Å². The Morgan fingerprint density at radius 3 is 2.23 bits per heavy atom. The lowest BCUT2D eigenvalue weighted by Gasteiger charge is -2.07. The van der Waals surface area contributed by atoms with Crippen LogP contribution in [0.2, 0.25) is 10.0 Å². The van der Waals surface area contributed by atoms with Gasteiger partial charge in [-0.15, -0.1) is 0 Å². The first-order valence-electron chi connectivity index (χ1n) is 6.04. The molecular weight excluding hydrogens is 369 g/mol. The van der Waals surface area contributed by atoms with Crippen LogP contribution in [0.15, 0.2) is 47.4 Å². The highest BCUT2D eigenvalue weighted by Crippen LogP contribution is 2.21. The Bertz CT molecular complexity index is 805. The van der Waals surface area contributed by atoms with Crippen molar-refractivity contribution in [2.75, 3.05) is 0 Å². The zero-order valence-electron chi connectivity index (χ0n) is 11.0. The molecule has 0 saturated carbocycles. The number of carbonyl (C=O) groups is 1. The number of benzene rings is 2. The molecule has 0 radical (unpaired) electrons. The third-order valence-electron chi connectivity index (χ3n) is 2.83. The van der Waals surface area contributed by atoms with Gasteiger partial charge in [-0.3, -0.25) is 4.79 Å². The lowest BCUT2D eigenvalue weighted by atomic mass is 10.2. The van der Waals surface area contributed by atoms with Gasteiger partial charge in [0.15, 0.2) is 0 Å². The molecular formula is C14H10Cl3NO3S. The van der Waals surface area contributed by atoms with E-state index in [9.17, 15) is 13.2 Å². The second-order valence-electron chi connectivity index (χ2n) is 4.39. The standard InChI is InChI=1S/C14H10Cl3NO3S/c15-10-3-6-12(13(16)7-10)14(19)18-8-9-1-4-11(5-2-9)22(17,20)21/h1-7H,8H2,(H,18,19). The van der Waals surface area contributed by atoms with Crippen molar-refractivity contribution in [3.8, 4) is 0 Å². The summed E-state index contributed by atoms with van der Waals surface area (Å²) < 4.78 is 22.3. The van der Waals surface area contributed by atoms with E-state index in [1.807, 2.05) is 0 Å². The van der Waals surface area contributed by atoms with Gasteiger partial charge in [0.1, 0.15) is 0 Å². The molecule has 2 rings (SSSR count). The maximum Gasteiger partial charge on any atom is 0.261 e. The monoisotopic (exact) mass is 377 g/mol. The van der Waals surface area contributed by atoms with Gasteiger partial charge in [0.05, 0.1) is 15.5 Å². The molecule has 0 spiro atoms. The van der Waals surface area contributed by atoms with E-state index < -0.39 is 9.05 Å². The topological polar surface area (TPSA) is 63.2 Å². The Balaban J connectivity index is 2.05. The minimum absolute atomic E-state index is 0.00462. The molecule has 0 atom stereocenters. The van der Waals surface area contributed by atoms with Gasteiger partial charge in [-0.05, 0) is 35.9 Å². The number of amides is 1. The van der Waals surface area contributed by atoms with Crippen LogP contribution >= 0.6 is 33.9 Å². The zero-order valence-corrected chi connectivity index (χ0v) is 14.1. The van der Waals surface area contributed by atoms with Crippen LogP contribution in [0.25, 0.3) is 0 Å². The van der Waals surface area contributed by atoms with Gasteiger partial charge >= 0.3 is 0 Å². The van der Waals surface area contributed by atoms with Gasteiger partial charge in [0, 0.05) is 22.2 Å². The van der Waals surface area contributed by atoms with Crippen molar-refractivity contribution in [2.24, 2.45) is 0 Å². The molecule has 0 aliphatic carbocycles. The minimum atomic E-state index is -3.75. The van der Waals surface area contributed by atoms with Crippen LogP contribution in [-0.2, 0) is 15.6 Å². The number of rotatable bonds is 4. The van der Waals surface area contributed by atoms with Crippen LogP contribution in [0.3, 0.4) is 0 Å². The third-order valence-corrected chi connectivity index (χ3v) is 4.75. The van der Waals surface area contributed by atoms with Gasteiger partial charge in [-0.1, -0.05) is 35.3 Å². The highest BCUT2D eigenvalue weighted by atomic mass is 35.7. The summed E-state index contributed by atoms with van der Waals surface area (Å²) in [6.45, 7) is 0.223. The highest BCUT2D eigenvalue weighted by molar-refractivity contribution is 8.13. The van der Waals surface area contributed by atoms with E-state index in [4.69, 9.17) is 33.9 Å². The molecule has 0 aliphatic heterocycles. The lowest BCUT2D eigenvalue weighted by Crippen LogP contribution is -2.23. The van der Waals surface area contributed by atoms with E-state index in [2.05, 4.69) is 5.32 Å². The maximum atomic E-state index is 12.0. The zero-order chi connectivity index (χ0) is 16.3. The molecule has 1 N–H and O–H groups in total. The molecule has 2 aromatic rings.